The van der Waals surface area contributed by atoms with Crippen molar-refractivity contribution >= 4 is 27.4 Å². The molecule has 5 nitrogen and oxygen atoms in total. The highest BCUT2D eigenvalue weighted by Crippen LogP contribution is 2.34. The van der Waals surface area contributed by atoms with Crippen molar-refractivity contribution in [2.24, 2.45) is 0 Å². The summed E-state index contributed by atoms with van der Waals surface area (Å²) in [5.74, 6) is 0.288. The van der Waals surface area contributed by atoms with Crippen LogP contribution in [0.2, 0.25) is 0 Å². The monoisotopic (exact) mass is 301 g/mol. The summed E-state index contributed by atoms with van der Waals surface area (Å²) in [7, 11) is 0. The molecule has 0 bridgehead atoms. The first-order valence-corrected chi connectivity index (χ1v) is 5.87. The van der Waals surface area contributed by atoms with E-state index < -0.39 is 4.92 Å². The average molecular weight is 302 g/mol. The first-order valence-electron chi connectivity index (χ1n) is 5.07. The average Bonchev–Trinajstić information content (AvgIpc) is 2.25. The summed E-state index contributed by atoms with van der Waals surface area (Å²) >= 11 is 3.20. The maximum absolute atomic E-state index is 10.8. The number of para-hydroxylation sites is 1. The summed E-state index contributed by atoms with van der Waals surface area (Å²) in [4.78, 5) is 21.0. The molecule has 0 fully saturated rings. The van der Waals surface area contributed by atoms with Crippen molar-refractivity contribution in [2.45, 2.75) is 19.8 Å². The number of carbonyl (C=O) groups excluding carboxylic acids is 1. The zero-order valence-electron chi connectivity index (χ0n) is 9.31. The molecule has 1 aromatic carbocycles. The molecule has 0 heterocycles. The van der Waals surface area contributed by atoms with E-state index in [0.717, 1.165) is 0 Å². The number of ketones is 1. The summed E-state index contributed by atoms with van der Waals surface area (Å²) in [5, 5.41) is 10.8. The van der Waals surface area contributed by atoms with Gasteiger partial charge in [-0.2, -0.15) is 0 Å². The van der Waals surface area contributed by atoms with Gasteiger partial charge in [0.2, 0.25) is 5.75 Å². The van der Waals surface area contributed by atoms with Gasteiger partial charge in [0.05, 0.1) is 16.0 Å². The number of carbonyl (C=O) groups is 1. The van der Waals surface area contributed by atoms with Crippen molar-refractivity contribution in [2.75, 3.05) is 6.61 Å². The standard InChI is InChI=1S/C11H12BrNO4/c1-8(14)4-3-7-17-11-9(12)5-2-6-10(11)13(15)16/h2,5-6H,3-4,7H2,1H3. The summed E-state index contributed by atoms with van der Waals surface area (Å²) in [6.45, 7) is 1.78. The van der Waals surface area contributed by atoms with Crippen molar-refractivity contribution < 1.29 is 14.5 Å². The van der Waals surface area contributed by atoms with Crippen LogP contribution in [0.3, 0.4) is 0 Å². The minimum absolute atomic E-state index is 0.0789. The van der Waals surface area contributed by atoms with E-state index in [2.05, 4.69) is 15.9 Å². The highest BCUT2D eigenvalue weighted by molar-refractivity contribution is 9.10. The molecule has 1 aromatic rings. The molecule has 0 aliphatic carbocycles. The smallest absolute Gasteiger partial charge is 0.312 e. The lowest BCUT2D eigenvalue weighted by atomic mass is 10.2. The Labute approximate surface area is 107 Å². The molecule has 0 amide bonds. The van der Waals surface area contributed by atoms with Gasteiger partial charge in [-0.05, 0) is 35.3 Å². The fourth-order valence-corrected chi connectivity index (χ4v) is 1.75. The lowest BCUT2D eigenvalue weighted by Crippen LogP contribution is -2.03. The van der Waals surface area contributed by atoms with Gasteiger partial charge in [0.1, 0.15) is 5.78 Å². The minimum Gasteiger partial charge on any atom is -0.486 e. The Morgan fingerprint density at radius 1 is 1.53 bits per heavy atom. The maximum Gasteiger partial charge on any atom is 0.312 e. The zero-order valence-corrected chi connectivity index (χ0v) is 10.9. The second-order valence-corrected chi connectivity index (χ2v) is 4.35. The van der Waals surface area contributed by atoms with Gasteiger partial charge < -0.3 is 9.53 Å². The molecule has 0 aliphatic rings. The number of Topliss-reactive ketones (excluding diaryl/α,β-unsaturated/α-hetero) is 1. The van der Waals surface area contributed by atoms with Gasteiger partial charge in [0.25, 0.3) is 0 Å². The van der Waals surface area contributed by atoms with Crippen LogP contribution in [0, 0.1) is 10.1 Å². The molecular weight excluding hydrogens is 290 g/mol. The van der Waals surface area contributed by atoms with Gasteiger partial charge in [-0.1, -0.05) is 6.07 Å². The number of halogens is 1. The van der Waals surface area contributed by atoms with Crippen LogP contribution >= 0.6 is 15.9 Å². The van der Waals surface area contributed by atoms with Crippen LogP contribution in [0.4, 0.5) is 5.69 Å². The highest BCUT2D eigenvalue weighted by atomic mass is 79.9. The topological polar surface area (TPSA) is 69.4 Å². The van der Waals surface area contributed by atoms with Crippen molar-refractivity contribution in [3.8, 4) is 5.75 Å². The minimum atomic E-state index is -0.495. The summed E-state index contributed by atoms with van der Waals surface area (Å²) < 4.78 is 5.88. The molecule has 92 valence electrons. The number of hydrogen-bond donors (Lipinski definition) is 0. The van der Waals surface area contributed by atoms with Crippen LogP contribution in [0.15, 0.2) is 22.7 Å². The van der Waals surface area contributed by atoms with Crippen molar-refractivity contribution in [3.63, 3.8) is 0 Å². The largest absolute Gasteiger partial charge is 0.486 e. The van der Waals surface area contributed by atoms with E-state index >= 15 is 0 Å². The Hall–Kier alpha value is -1.43. The number of nitro groups is 1. The van der Waals surface area contributed by atoms with Crippen molar-refractivity contribution in [3.05, 3.63) is 32.8 Å². The van der Waals surface area contributed by atoms with Crippen LogP contribution in [0.25, 0.3) is 0 Å². The predicted molar refractivity (Wildman–Crippen MR) is 66.2 cm³/mol. The molecule has 0 N–H and O–H groups in total. The zero-order chi connectivity index (χ0) is 12.8. The van der Waals surface area contributed by atoms with Crippen LogP contribution < -0.4 is 4.74 Å². The van der Waals surface area contributed by atoms with E-state index in [1.807, 2.05) is 0 Å². The van der Waals surface area contributed by atoms with Crippen LogP contribution in [-0.4, -0.2) is 17.3 Å². The van der Waals surface area contributed by atoms with E-state index in [0.29, 0.717) is 17.3 Å². The van der Waals surface area contributed by atoms with E-state index in [1.54, 1.807) is 12.1 Å². The fourth-order valence-electron chi connectivity index (χ4n) is 1.28. The number of rotatable bonds is 6. The van der Waals surface area contributed by atoms with Crippen LogP contribution in [0.5, 0.6) is 5.75 Å². The first kappa shape index (κ1) is 13.6. The molecule has 0 saturated heterocycles. The molecule has 0 saturated carbocycles. The van der Waals surface area contributed by atoms with Gasteiger partial charge in [0, 0.05) is 12.5 Å². The molecule has 0 unspecified atom stereocenters. The molecule has 1 rings (SSSR count). The SMILES string of the molecule is CC(=O)CCCOc1c(Br)cccc1[N+](=O)[O-]. The molecule has 0 spiro atoms. The van der Waals surface area contributed by atoms with E-state index in [4.69, 9.17) is 4.74 Å². The number of ether oxygens (including phenoxy) is 1. The molecule has 0 radical (unpaired) electrons. The second kappa shape index (κ2) is 6.34. The second-order valence-electron chi connectivity index (χ2n) is 3.50. The Balaban J connectivity index is 2.69. The summed E-state index contributed by atoms with van der Waals surface area (Å²) in [5.41, 5.74) is -0.0813. The first-order chi connectivity index (χ1) is 8.02. The third-order valence-corrected chi connectivity index (χ3v) is 2.69. The Bertz CT molecular complexity index is 433. The fraction of sp³-hybridized carbons (Fsp3) is 0.364. The number of benzene rings is 1. The van der Waals surface area contributed by atoms with Crippen LogP contribution in [-0.2, 0) is 4.79 Å². The number of nitrogens with zero attached hydrogens (tertiary/aromatic N) is 1. The summed E-state index contributed by atoms with van der Waals surface area (Å²) in [6.07, 6.45) is 0.964. The third kappa shape index (κ3) is 4.14. The summed E-state index contributed by atoms with van der Waals surface area (Å²) in [6, 6.07) is 4.63. The quantitative estimate of drug-likeness (QED) is 0.460. The molecule has 0 atom stereocenters. The molecule has 0 aromatic heterocycles. The Morgan fingerprint density at radius 3 is 2.82 bits per heavy atom. The van der Waals surface area contributed by atoms with E-state index in [1.165, 1.54) is 13.0 Å². The lowest BCUT2D eigenvalue weighted by Gasteiger charge is -2.07. The normalized spacial score (nSPS) is 10.0. The van der Waals surface area contributed by atoms with Gasteiger partial charge in [-0.25, -0.2) is 0 Å². The molecule has 0 aliphatic heterocycles. The lowest BCUT2D eigenvalue weighted by molar-refractivity contribution is -0.386. The number of hydrogen-bond acceptors (Lipinski definition) is 4. The third-order valence-electron chi connectivity index (χ3n) is 2.06. The Morgan fingerprint density at radius 2 is 2.24 bits per heavy atom. The molecule has 6 heteroatoms. The van der Waals surface area contributed by atoms with E-state index in [-0.39, 0.29) is 23.8 Å². The number of nitro benzene ring substituents is 1. The molecular formula is C11H12BrNO4. The van der Waals surface area contributed by atoms with Gasteiger partial charge in [-0.3, -0.25) is 10.1 Å². The van der Waals surface area contributed by atoms with Gasteiger partial charge >= 0.3 is 5.69 Å². The highest BCUT2D eigenvalue weighted by Gasteiger charge is 2.17. The van der Waals surface area contributed by atoms with Gasteiger partial charge in [-0.15, -0.1) is 0 Å². The molecule has 17 heavy (non-hydrogen) atoms. The van der Waals surface area contributed by atoms with Gasteiger partial charge in [0.15, 0.2) is 0 Å². The van der Waals surface area contributed by atoms with Crippen LogP contribution in [0.1, 0.15) is 19.8 Å². The maximum atomic E-state index is 10.8. The van der Waals surface area contributed by atoms with Crippen molar-refractivity contribution in [1.82, 2.24) is 0 Å². The Kier molecular flexibility index (Phi) is 5.09. The van der Waals surface area contributed by atoms with Crippen molar-refractivity contribution in [1.29, 1.82) is 0 Å². The van der Waals surface area contributed by atoms with E-state index in [9.17, 15) is 14.9 Å². The predicted octanol–water partition coefficient (Wildman–Crippen LogP) is 3.11.